The molecule has 1 N–H and O–H groups in total. The van der Waals surface area contributed by atoms with E-state index in [2.05, 4.69) is 65.2 Å². The molecule has 3 nitrogen and oxygen atoms in total. The lowest BCUT2D eigenvalue weighted by Gasteiger charge is -2.49. The summed E-state index contributed by atoms with van der Waals surface area (Å²) in [5.74, 6) is 3.05. The van der Waals surface area contributed by atoms with Gasteiger partial charge < -0.3 is 5.11 Å². The lowest BCUT2D eigenvalue weighted by molar-refractivity contribution is 0.0834. The SMILES string of the molecule is CN1N=C2C(C[C@H]3[C@@H]4CCc5cc(O)ccc5[C@H]4CC[C@]23C)C1c1ccc(Br)cc1. The van der Waals surface area contributed by atoms with Crippen LogP contribution < -0.4 is 0 Å². The first-order valence-corrected chi connectivity index (χ1v) is 12.1. The van der Waals surface area contributed by atoms with Gasteiger partial charge in [0, 0.05) is 28.6 Å². The third-order valence-electron chi connectivity index (χ3n) is 8.80. The zero-order valence-electron chi connectivity index (χ0n) is 17.7. The molecule has 0 radical (unpaired) electrons. The predicted molar refractivity (Wildman–Crippen MR) is 124 cm³/mol. The van der Waals surface area contributed by atoms with Crippen molar-refractivity contribution < 1.29 is 5.11 Å². The molecule has 0 saturated heterocycles. The smallest absolute Gasteiger partial charge is 0.115 e. The number of phenols is 1. The Bertz CT molecular complexity index is 1030. The van der Waals surface area contributed by atoms with E-state index in [-0.39, 0.29) is 5.41 Å². The minimum absolute atomic E-state index is 0.235. The maximum absolute atomic E-state index is 9.94. The molecule has 3 aliphatic carbocycles. The number of aromatic hydroxyl groups is 1. The van der Waals surface area contributed by atoms with E-state index in [0.29, 0.717) is 29.5 Å². The first-order chi connectivity index (χ1) is 14.5. The molecule has 0 amide bonds. The molecular formula is C26H29BrN2O. The lowest BCUT2D eigenvalue weighted by Crippen LogP contribution is -2.42. The average Bonchev–Trinajstić information content (AvgIpc) is 3.21. The molecule has 6 rings (SSSR count). The Hall–Kier alpha value is -1.81. The van der Waals surface area contributed by atoms with Crippen LogP contribution in [-0.2, 0) is 6.42 Å². The van der Waals surface area contributed by atoms with E-state index in [0.717, 1.165) is 16.8 Å². The Kier molecular flexibility index (Phi) is 4.16. The fourth-order valence-corrected chi connectivity index (χ4v) is 7.78. The minimum atomic E-state index is 0.235. The Morgan fingerprint density at radius 1 is 1.10 bits per heavy atom. The Balaban J connectivity index is 1.35. The number of phenolic OH excluding ortho intramolecular Hbond substituents is 1. The quantitative estimate of drug-likeness (QED) is 0.538. The molecule has 4 heteroatoms. The lowest BCUT2D eigenvalue weighted by atomic mass is 9.55. The molecule has 6 atom stereocenters. The van der Waals surface area contributed by atoms with Crippen LogP contribution in [-0.4, -0.2) is 22.9 Å². The second-order valence-corrected chi connectivity index (χ2v) is 11.1. The summed E-state index contributed by atoms with van der Waals surface area (Å²) in [7, 11) is 2.16. The number of hydrogen-bond donors (Lipinski definition) is 1. The van der Waals surface area contributed by atoms with E-state index in [9.17, 15) is 5.11 Å². The zero-order valence-corrected chi connectivity index (χ0v) is 19.3. The molecule has 0 spiro atoms. The number of rotatable bonds is 1. The summed E-state index contributed by atoms with van der Waals surface area (Å²) in [5, 5.41) is 17.4. The molecule has 0 bridgehead atoms. The fourth-order valence-electron chi connectivity index (χ4n) is 7.52. The van der Waals surface area contributed by atoms with E-state index < -0.39 is 0 Å². The monoisotopic (exact) mass is 464 g/mol. The van der Waals surface area contributed by atoms with Crippen LogP contribution in [0.1, 0.15) is 61.3 Å². The average molecular weight is 465 g/mol. The van der Waals surface area contributed by atoms with E-state index in [1.54, 1.807) is 0 Å². The number of aryl methyl sites for hydroxylation is 1. The molecule has 2 saturated carbocycles. The van der Waals surface area contributed by atoms with Crippen LogP contribution in [0.3, 0.4) is 0 Å². The molecule has 2 aromatic rings. The van der Waals surface area contributed by atoms with E-state index >= 15 is 0 Å². The molecule has 1 heterocycles. The van der Waals surface area contributed by atoms with Crippen molar-refractivity contribution >= 4 is 21.6 Å². The van der Waals surface area contributed by atoms with Crippen LogP contribution >= 0.6 is 15.9 Å². The van der Waals surface area contributed by atoms with Gasteiger partial charge in [-0.15, -0.1) is 0 Å². The molecule has 0 aromatic heterocycles. The Morgan fingerprint density at radius 2 is 1.90 bits per heavy atom. The summed E-state index contributed by atoms with van der Waals surface area (Å²) in [6, 6.07) is 15.3. The highest BCUT2D eigenvalue weighted by atomic mass is 79.9. The van der Waals surface area contributed by atoms with Gasteiger partial charge in [-0.05, 0) is 90.8 Å². The van der Waals surface area contributed by atoms with Crippen LogP contribution in [0.5, 0.6) is 5.75 Å². The maximum atomic E-state index is 9.94. The van der Waals surface area contributed by atoms with Gasteiger partial charge in [-0.1, -0.05) is 41.1 Å². The van der Waals surface area contributed by atoms with Gasteiger partial charge in [0.05, 0.1) is 6.04 Å². The summed E-state index contributed by atoms with van der Waals surface area (Å²) in [4.78, 5) is 0. The van der Waals surface area contributed by atoms with Gasteiger partial charge in [-0.25, -0.2) is 0 Å². The molecule has 2 unspecified atom stereocenters. The van der Waals surface area contributed by atoms with Gasteiger partial charge in [-0.3, -0.25) is 5.01 Å². The second kappa shape index (κ2) is 6.59. The van der Waals surface area contributed by atoms with Gasteiger partial charge in [0.2, 0.25) is 0 Å². The molecule has 2 fully saturated rings. The van der Waals surface area contributed by atoms with Crippen LogP contribution in [0.4, 0.5) is 0 Å². The van der Waals surface area contributed by atoms with Crippen molar-refractivity contribution in [3.8, 4) is 5.75 Å². The molecule has 30 heavy (non-hydrogen) atoms. The summed E-state index contributed by atoms with van der Waals surface area (Å²) in [6.45, 7) is 2.51. The second-order valence-electron chi connectivity index (χ2n) is 10.2. The highest BCUT2D eigenvalue weighted by molar-refractivity contribution is 9.10. The van der Waals surface area contributed by atoms with Crippen LogP contribution in [0.25, 0.3) is 0 Å². The van der Waals surface area contributed by atoms with Gasteiger partial charge in [-0.2, -0.15) is 5.10 Å². The van der Waals surface area contributed by atoms with Crippen LogP contribution in [0.15, 0.2) is 52.0 Å². The minimum Gasteiger partial charge on any atom is -0.508 e. The number of hydrogen-bond acceptors (Lipinski definition) is 3. The highest BCUT2D eigenvalue weighted by Gasteiger charge is 2.60. The predicted octanol–water partition coefficient (Wildman–Crippen LogP) is 6.28. The molecular weight excluding hydrogens is 436 g/mol. The van der Waals surface area contributed by atoms with E-state index in [1.807, 2.05) is 12.1 Å². The number of halogens is 1. The summed E-state index contributed by atoms with van der Waals surface area (Å²) in [5.41, 5.74) is 5.97. The number of benzene rings is 2. The van der Waals surface area contributed by atoms with Gasteiger partial charge in [0.25, 0.3) is 0 Å². The first-order valence-electron chi connectivity index (χ1n) is 11.3. The maximum Gasteiger partial charge on any atom is 0.115 e. The number of fused-ring (bicyclic) bond motifs is 7. The third kappa shape index (κ3) is 2.58. The van der Waals surface area contributed by atoms with Gasteiger partial charge in [0.15, 0.2) is 0 Å². The zero-order chi connectivity index (χ0) is 20.6. The number of nitrogens with zero attached hydrogens (tertiary/aromatic N) is 2. The fraction of sp³-hybridized carbons (Fsp3) is 0.500. The van der Waals surface area contributed by atoms with Crippen LogP contribution in [0.2, 0.25) is 0 Å². The van der Waals surface area contributed by atoms with Crippen molar-refractivity contribution in [2.45, 2.75) is 51.0 Å². The summed E-state index contributed by atoms with van der Waals surface area (Å²) in [6.07, 6.45) is 6.09. The number of hydrazone groups is 1. The van der Waals surface area contributed by atoms with Crippen molar-refractivity contribution in [1.29, 1.82) is 0 Å². The standard InChI is InChI=1S/C26H29BrN2O/c1-26-12-11-20-19-10-8-18(30)13-16(19)5-9-21(20)23(26)14-22-24(29(2)28-25(22)26)15-3-6-17(27)7-4-15/h3-4,6-8,10,13,20-24,30H,5,9,11-12,14H2,1-2H3/t20-,21-,22?,23+,24?,26+/m1/s1. The molecule has 2 aromatic carbocycles. The van der Waals surface area contributed by atoms with Crippen LogP contribution in [0, 0.1) is 23.2 Å². The van der Waals surface area contributed by atoms with E-state index in [1.165, 1.54) is 48.1 Å². The van der Waals surface area contributed by atoms with E-state index in [4.69, 9.17) is 5.10 Å². The Morgan fingerprint density at radius 3 is 2.70 bits per heavy atom. The third-order valence-corrected chi connectivity index (χ3v) is 9.33. The van der Waals surface area contributed by atoms with Crippen molar-refractivity contribution in [1.82, 2.24) is 5.01 Å². The first kappa shape index (κ1) is 18.9. The molecule has 156 valence electrons. The largest absolute Gasteiger partial charge is 0.508 e. The van der Waals surface area contributed by atoms with Gasteiger partial charge in [0.1, 0.15) is 5.75 Å². The van der Waals surface area contributed by atoms with Crippen molar-refractivity contribution in [3.63, 3.8) is 0 Å². The topological polar surface area (TPSA) is 35.8 Å². The van der Waals surface area contributed by atoms with Gasteiger partial charge >= 0.3 is 0 Å². The summed E-state index contributed by atoms with van der Waals surface area (Å²) >= 11 is 3.58. The van der Waals surface area contributed by atoms with Crippen molar-refractivity contribution in [3.05, 3.63) is 63.6 Å². The normalized spacial score (nSPS) is 36.6. The van der Waals surface area contributed by atoms with Crippen molar-refractivity contribution in [2.75, 3.05) is 7.05 Å². The summed E-state index contributed by atoms with van der Waals surface area (Å²) < 4.78 is 1.13. The molecule has 1 aliphatic heterocycles. The molecule has 4 aliphatic rings. The van der Waals surface area contributed by atoms with Crippen molar-refractivity contribution in [2.24, 2.45) is 28.3 Å². The highest BCUT2D eigenvalue weighted by Crippen LogP contribution is 2.64. The Labute approximate surface area is 187 Å².